The summed E-state index contributed by atoms with van der Waals surface area (Å²) in [7, 11) is 0. The number of hydrogen-bond acceptors (Lipinski definition) is 2. The topological polar surface area (TPSA) is 41.1 Å². The first kappa shape index (κ1) is 14.8. The van der Waals surface area contributed by atoms with Crippen molar-refractivity contribution in [3.05, 3.63) is 62.5 Å². The summed E-state index contributed by atoms with van der Waals surface area (Å²) in [5, 5.41) is 6.30. The van der Waals surface area contributed by atoms with Crippen molar-refractivity contribution in [3.8, 4) is 0 Å². The first-order chi connectivity index (χ1) is 10.1. The number of rotatable bonds is 2. The molecule has 1 amide bonds. The van der Waals surface area contributed by atoms with Crippen molar-refractivity contribution in [2.45, 2.75) is 12.5 Å². The average molecular weight is 410 g/mol. The second-order valence-electron chi connectivity index (χ2n) is 5.00. The van der Waals surface area contributed by atoms with Gasteiger partial charge in [0.1, 0.15) is 0 Å². The Morgan fingerprint density at radius 3 is 2.81 bits per heavy atom. The molecule has 0 saturated heterocycles. The lowest BCUT2D eigenvalue weighted by atomic mass is 9.90. The summed E-state index contributed by atoms with van der Waals surface area (Å²) >= 11 is 6.88. The molecule has 0 fully saturated rings. The number of carbonyl (C=O) groups excluding carboxylic acids is 1. The molecule has 1 atom stereocenters. The minimum absolute atomic E-state index is 0.0117. The molecule has 2 N–H and O–H groups in total. The molecule has 1 heterocycles. The summed E-state index contributed by atoms with van der Waals surface area (Å²) in [6.07, 6.45) is 0. The molecule has 2 aromatic carbocycles. The average Bonchev–Trinajstić information content (AvgIpc) is 2.49. The van der Waals surface area contributed by atoms with E-state index in [-0.39, 0.29) is 11.8 Å². The Hall–Kier alpha value is -1.17. The van der Waals surface area contributed by atoms with Gasteiger partial charge in [0.05, 0.1) is 11.6 Å². The van der Waals surface area contributed by atoms with Gasteiger partial charge in [-0.05, 0) is 45.3 Å². The van der Waals surface area contributed by atoms with E-state index in [1.165, 1.54) is 5.56 Å². The van der Waals surface area contributed by atoms with Crippen molar-refractivity contribution in [1.29, 1.82) is 0 Å². The number of fused-ring (bicyclic) bond motifs is 1. The van der Waals surface area contributed by atoms with Crippen LogP contribution in [0, 0.1) is 0 Å². The third-order valence-corrected chi connectivity index (χ3v) is 4.75. The number of anilines is 1. The summed E-state index contributed by atoms with van der Waals surface area (Å²) in [5.74, 6) is -0.150. The van der Waals surface area contributed by atoms with Crippen LogP contribution in [0.1, 0.15) is 17.0 Å². The van der Waals surface area contributed by atoms with E-state index >= 15 is 0 Å². The summed E-state index contributed by atoms with van der Waals surface area (Å²) in [5.41, 5.74) is 3.09. The van der Waals surface area contributed by atoms with E-state index in [0.717, 1.165) is 26.7 Å². The number of amides is 1. The van der Waals surface area contributed by atoms with E-state index in [9.17, 15) is 4.79 Å². The molecule has 1 aliphatic rings. The Morgan fingerprint density at radius 1 is 1.19 bits per heavy atom. The molecular weight excluding hydrogens is 396 g/mol. The van der Waals surface area contributed by atoms with Gasteiger partial charge in [-0.1, -0.05) is 40.2 Å². The molecule has 0 bridgehead atoms. The lowest BCUT2D eigenvalue weighted by Gasteiger charge is -2.25. The van der Waals surface area contributed by atoms with Crippen LogP contribution in [0.15, 0.2) is 51.4 Å². The standard InChI is InChI=1S/C16H14Br2N2O/c17-11-5-6-15(14(18)7-11)20-16(21)13-9-19-8-10-3-1-2-4-12(10)13/h1-7,13,19H,8-9H2,(H,20,21). The lowest BCUT2D eigenvalue weighted by Crippen LogP contribution is -2.35. The first-order valence-corrected chi connectivity index (χ1v) is 8.28. The summed E-state index contributed by atoms with van der Waals surface area (Å²) in [6, 6.07) is 13.8. The van der Waals surface area contributed by atoms with Crippen LogP contribution >= 0.6 is 31.9 Å². The third kappa shape index (κ3) is 3.20. The molecule has 5 heteroatoms. The number of benzene rings is 2. The van der Waals surface area contributed by atoms with Crippen molar-refractivity contribution in [2.24, 2.45) is 0 Å². The molecule has 2 aromatic rings. The molecule has 108 valence electrons. The van der Waals surface area contributed by atoms with Gasteiger partial charge in [-0.25, -0.2) is 0 Å². The van der Waals surface area contributed by atoms with E-state index in [1.54, 1.807) is 0 Å². The van der Waals surface area contributed by atoms with Gasteiger partial charge < -0.3 is 10.6 Å². The van der Waals surface area contributed by atoms with Crippen LogP contribution in [-0.2, 0) is 11.3 Å². The predicted molar refractivity (Wildman–Crippen MR) is 91.4 cm³/mol. The minimum Gasteiger partial charge on any atom is -0.324 e. The van der Waals surface area contributed by atoms with Crippen molar-refractivity contribution < 1.29 is 4.79 Å². The minimum atomic E-state index is -0.162. The second-order valence-corrected chi connectivity index (χ2v) is 6.77. The number of halogens is 2. The second kappa shape index (κ2) is 6.30. The Bertz CT molecular complexity index is 688. The Kier molecular flexibility index (Phi) is 4.42. The maximum atomic E-state index is 12.6. The summed E-state index contributed by atoms with van der Waals surface area (Å²) in [6.45, 7) is 1.49. The molecule has 0 spiro atoms. The van der Waals surface area contributed by atoms with Gasteiger partial charge in [0.15, 0.2) is 0 Å². The van der Waals surface area contributed by atoms with Crippen LogP contribution in [-0.4, -0.2) is 12.5 Å². The van der Waals surface area contributed by atoms with Crippen LogP contribution in [0.4, 0.5) is 5.69 Å². The Morgan fingerprint density at radius 2 is 2.00 bits per heavy atom. The molecule has 21 heavy (non-hydrogen) atoms. The van der Waals surface area contributed by atoms with E-state index in [0.29, 0.717) is 6.54 Å². The van der Waals surface area contributed by atoms with Gasteiger partial charge in [-0.15, -0.1) is 0 Å². The monoisotopic (exact) mass is 408 g/mol. The zero-order valence-corrected chi connectivity index (χ0v) is 14.4. The first-order valence-electron chi connectivity index (χ1n) is 6.69. The van der Waals surface area contributed by atoms with Crippen LogP contribution in [0.2, 0.25) is 0 Å². The maximum Gasteiger partial charge on any atom is 0.233 e. The molecule has 0 aromatic heterocycles. The largest absolute Gasteiger partial charge is 0.324 e. The van der Waals surface area contributed by atoms with Crippen LogP contribution in [0.3, 0.4) is 0 Å². The van der Waals surface area contributed by atoms with Crippen molar-refractivity contribution >= 4 is 43.5 Å². The van der Waals surface area contributed by atoms with Gasteiger partial charge in [0.25, 0.3) is 0 Å². The van der Waals surface area contributed by atoms with E-state index in [1.807, 2.05) is 36.4 Å². The van der Waals surface area contributed by atoms with Crippen LogP contribution in [0.25, 0.3) is 0 Å². The van der Waals surface area contributed by atoms with E-state index < -0.39 is 0 Å². The highest BCUT2D eigenvalue weighted by Crippen LogP contribution is 2.29. The smallest absolute Gasteiger partial charge is 0.233 e. The van der Waals surface area contributed by atoms with Gasteiger partial charge in [-0.3, -0.25) is 4.79 Å². The molecule has 0 aliphatic carbocycles. The SMILES string of the molecule is O=C(Nc1ccc(Br)cc1Br)C1CNCc2ccccc21. The summed E-state index contributed by atoms with van der Waals surface area (Å²) < 4.78 is 1.83. The number of nitrogens with one attached hydrogen (secondary N) is 2. The van der Waals surface area contributed by atoms with Gasteiger partial charge in [0.2, 0.25) is 5.91 Å². The molecule has 3 nitrogen and oxygen atoms in total. The number of hydrogen-bond donors (Lipinski definition) is 2. The fourth-order valence-corrected chi connectivity index (χ4v) is 3.69. The van der Waals surface area contributed by atoms with E-state index in [2.05, 4.69) is 48.6 Å². The van der Waals surface area contributed by atoms with Crippen LogP contribution in [0.5, 0.6) is 0 Å². The van der Waals surface area contributed by atoms with Gasteiger partial charge in [-0.2, -0.15) is 0 Å². The molecule has 1 aliphatic heterocycles. The van der Waals surface area contributed by atoms with Crippen molar-refractivity contribution in [2.75, 3.05) is 11.9 Å². The third-order valence-electron chi connectivity index (χ3n) is 3.60. The fourth-order valence-electron chi connectivity index (χ4n) is 2.54. The highest BCUT2D eigenvalue weighted by Gasteiger charge is 2.26. The zero-order chi connectivity index (χ0) is 14.8. The quantitative estimate of drug-likeness (QED) is 0.785. The van der Waals surface area contributed by atoms with Crippen molar-refractivity contribution in [3.63, 3.8) is 0 Å². The summed E-state index contributed by atoms with van der Waals surface area (Å²) in [4.78, 5) is 12.6. The van der Waals surface area contributed by atoms with Gasteiger partial charge in [0, 0.05) is 22.0 Å². The zero-order valence-electron chi connectivity index (χ0n) is 11.2. The highest BCUT2D eigenvalue weighted by atomic mass is 79.9. The predicted octanol–water partition coefficient (Wildman–Crippen LogP) is 4.04. The maximum absolute atomic E-state index is 12.6. The molecule has 0 saturated carbocycles. The molecule has 1 unspecified atom stereocenters. The molecular formula is C16H14Br2N2O. The van der Waals surface area contributed by atoms with Crippen LogP contribution < -0.4 is 10.6 Å². The fraction of sp³-hybridized carbons (Fsp3) is 0.188. The Labute approximate surface area is 140 Å². The molecule has 3 rings (SSSR count). The lowest BCUT2D eigenvalue weighted by molar-refractivity contribution is -0.117. The Balaban J connectivity index is 1.83. The van der Waals surface area contributed by atoms with Gasteiger partial charge >= 0.3 is 0 Å². The van der Waals surface area contributed by atoms with E-state index in [4.69, 9.17) is 0 Å². The normalized spacial score (nSPS) is 17.1. The number of carbonyl (C=O) groups is 1. The van der Waals surface area contributed by atoms with Crippen molar-refractivity contribution in [1.82, 2.24) is 5.32 Å². The molecule has 0 radical (unpaired) electrons. The highest BCUT2D eigenvalue weighted by molar-refractivity contribution is 9.11.